The number of hydrogen-bond donors (Lipinski definition) is 1. The van der Waals surface area contributed by atoms with Gasteiger partial charge in [0, 0.05) is 22.2 Å². The van der Waals surface area contributed by atoms with Crippen molar-refractivity contribution >= 4 is 28.3 Å². The molecule has 1 atom stereocenters. The average Bonchev–Trinajstić information content (AvgIpc) is 2.48. The van der Waals surface area contributed by atoms with E-state index in [1.807, 2.05) is 42.5 Å². The second-order valence-corrected chi connectivity index (χ2v) is 6.53. The first kappa shape index (κ1) is 15.7. The van der Waals surface area contributed by atoms with Gasteiger partial charge in [-0.05, 0) is 29.8 Å². The van der Waals surface area contributed by atoms with Crippen molar-refractivity contribution in [1.29, 1.82) is 0 Å². The molecule has 2 aromatic rings. The average molecular weight is 322 g/mol. The van der Waals surface area contributed by atoms with Gasteiger partial charge >= 0.3 is 0 Å². The van der Waals surface area contributed by atoms with Gasteiger partial charge < -0.3 is 5.32 Å². The van der Waals surface area contributed by atoms with E-state index in [2.05, 4.69) is 5.32 Å². The van der Waals surface area contributed by atoms with Crippen LogP contribution in [0.2, 0.25) is 5.02 Å². The molecule has 0 saturated heterocycles. The fourth-order valence-corrected chi connectivity index (χ4v) is 3.06. The highest BCUT2D eigenvalue weighted by Gasteiger charge is 2.06. The highest BCUT2D eigenvalue weighted by atomic mass is 35.5. The monoisotopic (exact) mass is 321 g/mol. The van der Waals surface area contributed by atoms with Crippen LogP contribution in [0.15, 0.2) is 59.5 Å². The van der Waals surface area contributed by atoms with E-state index < -0.39 is 10.8 Å². The van der Waals surface area contributed by atoms with Crippen molar-refractivity contribution in [3.05, 3.63) is 65.2 Å². The molecule has 0 aliphatic heterocycles. The lowest BCUT2D eigenvalue weighted by Crippen LogP contribution is -2.29. The van der Waals surface area contributed by atoms with Crippen LogP contribution in [0.1, 0.15) is 5.56 Å². The minimum absolute atomic E-state index is 0.0951. The van der Waals surface area contributed by atoms with Crippen LogP contribution in [0.3, 0.4) is 0 Å². The molecule has 5 heteroatoms. The third kappa shape index (κ3) is 5.33. The standard InChI is InChI=1S/C16H16ClNO2S/c17-14-6-4-5-13(11-14)12-16(19)18-9-10-21(20)15-7-2-1-3-8-15/h1-8,11H,9-10,12H2,(H,18,19)/t21-/m0/s1. The van der Waals surface area contributed by atoms with Crippen molar-refractivity contribution in [1.82, 2.24) is 5.32 Å². The summed E-state index contributed by atoms with van der Waals surface area (Å²) in [5.41, 5.74) is 0.865. The molecule has 0 bridgehead atoms. The number of halogens is 1. The van der Waals surface area contributed by atoms with Crippen LogP contribution in [0, 0.1) is 0 Å². The number of benzene rings is 2. The van der Waals surface area contributed by atoms with Gasteiger partial charge in [-0.3, -0.25) is 9.00 Å². The van der Waals surface area contributed by atoms with E-state index in [9.17, 15) is 9.00 Å². The molecule has 0 aliphatic carbocycles. The Balaban J connectivity index is 1.76. The van der Waals surface area contributed by atoms with Gasteiger partial charge in [0.05, 0.1) is 17.2 Å². The van der Waals surface area contributed by atoms with Gasteiger partial charge in [-0.1, -0.05) is 41.9 Å². The molecular formula is C16H16ClNO2S. The van der Waals surface area contributed by atoms with Crippen molar-refractivity contribution < 1.29 is 9.00 Å². The Hall–Kier alpha value is -1.65. The summed E-state index contributed by atoms with van der Waals surface area (Å²) in [6.07, 6.45) is 0.276. The Labute approximate surface area is 131 Å². The zero-order chi connectivity index (χ0) is 15.1. The number of carbonyl (C=O) groups is 1. The summed E-state index contributed by atoms with van der Waals surface area (Å²) in [4.78, 5) is 12.6. The zero-order valence-electron chi connectivity index (χ0n) is 11.4. The Kier molecular flexibility index (Phi) is 5.96. The third-order valence-electron chi connectivity index (χ3n) is 2.87. The molecule has 0 aliphatic rings. The first-order valence-corrected chi connectivity index (χ1v) is 8.29. The van der Waals surface area contributed by atoms with E-state index in [1.54, 1.807) is 12.1 Å². The number of nitrogens with one attached hydrogen (secondary N) is 1. The summed E-state index contributed by atoms with van der Waals surface area (Å²) in [6, 6.07) is 16.4. The summed E-state index contributed by atoms with van der Waals surface area (Å²) < 4.78 is 12.0. The lowest BCUT2D eigenvalue weighted by Gasteiger charge is -2.06. The van der Waals surface area contributed by atoms with Crippen LogP contribution >= 0.6 is 11.6 Å². The van der Waals surface area contributed by atoms with Crippen molar-refractivity contribution in [3.8, 4) is 0 Å². The second-order valence-electron chi connectivity index (χ2n) is 4.52. The maximum Gasteiger partial charge on any atom is 0.224 e. The van der Waals surface area contributed by atoms with Crippen LogP contribution in [-0.4, -0.2) is 22.4 Å². The van der Waals surface area contributed by atoms with E-state index in [0.717, 1.165) is 10.5 Å². The predicted molar refractivity (Wildman–Crippen MR) is 85.9 cm³/mol. The van der Waals surface area contributed by atoms with Crippen molar-refractivity contribution in [2.75, 3.05) is 12.3 Å². The SMILES string of the molecule is O=C(Cc1cccc(Cl)c1)NCC[S@](=O)c1ccccc1. The van der Waals surface area contributed by atoms with Gasteiger partial charge in [0.15, 0.2) is 0 Å². The lowest BCUT2D eigenvalue weighted by atomic mass is 10.1. The topological polar surface area (TPSA) is 46.2 Å². The van der Waals surface area contributed by atoms with Crippen LogP contribution in [0.4, 0.5) is 0 Å². The second kappa shape index (κ2) is 7.96. The quantitative estimate of drug-likeness (QED) is 0.889. The molecule has 0 aromatic heterocycles. The van der Waals surface area contributed by atoms with Crippen molar-refractivity contribution in [3.63, 3.8) is 0 Å². The summed E-state index contributed by atoms with van der Waals surface area (Å²) in [6.45, 7) is 0.390. The van der Waals surface area contributed by atoms with Crippen LogP contribution < -0.4 is 5.32 Å². The van der Waals surface area contributed by atoms with E-state index in [-0.39, 0.29) is 12.3 Å². The molecule has 2 aromatic carbocycles. The highest BCUT2D eigenvalue weighted by Crippen LogP contribution is 2.11. The first-order valence-electron chi connectivity index (χ1n) is 6.60. The predicted octanol–water partition coefficient (Wildman–Crippen LogP) is 2.81. The minimum atomic E-state index is -1.09. The summed E-state index contributed by atoms with van der Waals surface area (Å²) in [7, 11) is -1.09. The van der Waals surface area contributed by atoms with E-state index >= 15 is 0 Å². The van der Waals surface area contributed by atoms with E-state index in [0.29, 0.717) is 17.3 Å². The van der Waals surface area contributed by atoms with E-state index in [1.165, 1.54) is 0 Å². The molecular weight excluding hydrogens is 306 g/mol. The molecule has 110 valence electrons. The van der Waals surface area contributed by atoms with Crippen molar-refractivity contribution in [2.24, 2.45) is 0 Å². The Morgan fingerprint density at radius 1 is 1.10 bits per heavy atom. The summed E-state index contributed by atoms with van der Waals surface area (Å²) in [5.74, 6) is 0.313. The minimum Gasteiger partial charge on any atom is -0.355 e. The lowest BCUT2D eigenvalue weighted by molar-refractivity contribution is -0.120. The molecule has 1 N–H and O–H groups in total. The Bertz CT molecular complexity index is 631. The number of rotatable bonds is 6. The summed E-state index contributed by atoms with van der Waals surface area (Å²) >= 11 is 5.87. The number of amides is 1. The fourth-order valence-electron chi connectivity index (χ4n) is 1.87. The van der Waals surface area contributed by atoms with Gasteiger partial charge in [0.2, 0.25) is 5.91 Å². The van der Waals surface area contributed by atoms with E-state index in [4.69, 9.17) is 11.6 Å². The zero-order valence-corrected chi connectivity index (χ0v) is 13.0. The van der Waals surface area contributed by atoms with Gasteiger partial charge in [-0.25, -0.2) is 0 Å². The first-order chi connectivity index (χ1) is 10.1. The number of hydrogen-bond acceptors (Lipinski definition) is 2. The molecule has 0 radical (unpaired) electrons. The molecule has 1 amide bonds. The van der Waals surface area contributed by atoms with Gasteiger partial charge in [0.25, 0.3) is 0 Å². The maximum absolute atomic E-state index is 12.0. The molecule has 0 fully saturated rings. The third-order valence-corrected chi connectivity index (χ3v) is 4.48. The molecule has 2 rings (SSSR count). The summed E-state index contributed by atoms with van der Waals surface area (Å²) in [5, 5.41) is 3.39. The fraction of sp³-hybridized carbons (Fsp3) is 0.188. The molecule has 0 heterocycles. The Morgan fingerprint density at radius 2 is 1.86 bits per heavy atom. The Morgan fingerprint density at radius 3 is 2.57 bits per heavy atom. The van der Waals surface area contributed by atoms with Gasteiger partial charge in [0.1, 0.15) is 0 Å². The highest BCUT2D eigenvalue weighted by molar-refractivity contribution is 7.85. The van der Waals surface area contributed by atoms with Gasteiger partial charge in [-0.2, -0.15) is 0 Å². The molecule has 21 heavy (non-hydrogen) atoms. The van der Waals surface area contributed by atoms with Gasteiger partial charge in [-0.15, -0.1) is 0 Å². The molecule has 0 spiro atoms. The molecule has 0 unspecified atom stereocenters. The van der Waals surface area contributed by atoms with Crippen LogP contribution in [0.25, 0.3) is 0 Å². The van der Waals surface area contributed by atoms with Crippen LogP contribution in [0.5, 0.6) is 0 Å². The normalized spacial score (nSPS) is 11.9. The van der Waals surface area contributed by atoms with Crippen molar-refractivity contribution in [2.45, 2.75) is 11.3 Å². The van der Waals surface area contributed by atoms with Crippen LogP contribution in [-0.2, 0) is 22.0 Å². The number of carbonyl (C=O) groups excluding carboxylic acids is 1. The largest absolute Gasteiger partial charge is 0.355 e. The maximum atomic E-state index is 12.0. The smallest absolute Gasteiger partial charge is 0.224 e. The molecule has 0 saturated carbocycles. The molecule has 3 nitrogen and oxygen atoms in total.